The summed E-state index contributed by atoms with van der Waals surface area (Å²) in [6, 6.07) is 1.94. The molecule has 0 saturated heterocycles. The molecule has 1 aromatic rings. The molecule has 0 radical (unpaired) electrons. The molecule has 0 aromatic carbocycles. The molecule has 5 nitrogen and oxygen atoms in total. The van der Waals surface area contributed by atoms with Crippen LogP contribution in [-0.2, 0) is 16.4 Å². The molecule has 0 atom stereocenters. The summed E-state index contributed by atoms with van der Waals surface area (Å²) in [7, 11) is -1.08. The molecule has 18 heavy (non-hydrogen) atoms. The first-order valence-corrected chi connectivity index (χ1v) is 7.86. The summed E-state index contributed by atoms with van der Waals surface area (Å²) in [5.41, 5.74) is 9.48. The fourth-order valence-corrected chi connectivity index (χ4v) is 2.46. The average molecular weight is 271 g/mol. The third kappa shape index (κ3) is 3.96. The summed E-state index contributed by atoms with van der Waals surface area (Å²) in [5.74, 6) is 0.133. The Morgan fingerprint density at radius 2 is 2.00 bits per heavy atom. The molecule has 2 N–H and O–H groups in total. The highest BCUT2D eigenvalue weighted by Crippen LogP contribution is 2.22. The third-order valence-electron chi connectivity index (χ3n) is 2.85. The van der Waals surface area contributed by atoms with E-state index in [-0.39, 0.29) is 5.75 Å². The maximum atomic E-state index is 11.2. The largest absolute Gasteiger partial charge is 0.373 e. The lowest BCUT2D eigenvalue weighted by Gasteiger charge is -2.23. The van der Waals surface area contributed by atoms with Crippen LogP contribution in [0, 0.1) is 13.8 Å². The fourth-order valence-electron chi connectivity index (χ4n) is 1.85. The number of hydrogen-bond donors (Lipinski definition) is 1. The van der Waals surface area contributed by atoms with Crippen LogP contribution in [0.15, 0.2) is 6.07 Å². The summed E-state index contributed by atoms with van der Waals surface area (Å²) in [6.45, 7) is 4.69. The molecule has 0 amide bonds. The summed E-state index contributed by atoms with van der Waals surface area (Å²) in [6.07, 6.45) is 1.24. The predicted molar refractivity (Wildman–Crippen MR) is 74.6 cm³/mol. The first-order chi connectivity index (χ1) is 8.24. The van der Waals surface area contributed by atoms with E-state index < -0.39 is 9.84 Å². The van der Waals surface area contributed by atoms with Gasteiger partial charge >= 0.3 is 0 Å². The predicted octanol–water partition coefficient (Wildman–Crippen LogP) is 0.638. The van der Waals surface area contributed by atoms with Crippen molar-refractivity contribution in [1.82, 2.24) is 4.98 Å². The molecular weight excluding hydrogens is 250 g/mol. The van der Waals surface area contributed by atoms with Crippen LogP contribution in [0.1, 0.15) is 17.0 Å². The van der Waals surface area contributed by atoms with E-state index in [1.807, 2.05) is 31.9 Å². The SMILES string of the molecule is Cc1cc(N(C)CCS(C)(=O)=O)c(CN)c(C)n1. The second-order valence-electron chi connectivity index (χ2n) is 4.60. The molecule has 1 rings (SSSR count). The third-order valence-corrected chi connectivity index (χ3v) is 3.77. The van der Waals surface area contributed by atoms with E-state index in [9.17, 15) is 8.42 Å². The van der Waals surface area contributed by atoms with Crippen LogP contribution in [0.4, 0.5) is 5.69 Å². The Bertz CT molecular complexity index is 526. The Hall–Kier alpha value is -1.14. The molecule has 0 aliphatic rings. The van der Waals surface area contributed by atoms with Gasteiger partial charge in [0.2, 0.25) is 0 Å². The maximum absolute atomic E-state index is 11.2. The number of nitrogens with two attached hydrogens (primary N) is 1. The number of rotatable bonds is 5. The summed E-state index contributed by atoms with van der Waals surface area (Å²) >= 11 is 0. The second-order valence-corrected chi connectivity index (χ2v) is 6.86. The van der Waals surface area contributed by atoms with Crippen molar-refractivity contribution >= 4 is 15.5 Å². The summed E-state index contributed by atoms with van der Waals surface area (Å²) in [5, 5.41) is 0. The van der Waals surface area contributed by atoms with E-state index in [1.165, 1.54) is 6.26 Å². The van der Waals surface area contributed by atoms with Gasteiger partial charge in [0.1, 0.15) is 9.84 Å². The van der Waals surface area contributed by atoms with Gasteiger partial charge in [0.05, 0.1) is 5.75 Å². The van der Waals surface area contributed by atoms with Crippen molar-refractivity contribution in [3.05, 3.63) is 23.0 Å². The minimum Gasteiger partial charge on any atom is -0.373 e. The Labute approximate surface area is 109 Å². The zero-order valence-corrected chi connectivity index (χ0v) is 12.2. The highest BCUT2D eigenvalue weighted by atomic mass is 32.2. The van der Waals surface area contributed by atoms with Crippen LogP contribution in [0.25, 0.3) is 0 Å². The monoisotopic (exact) mass is 271 g/mol. The van der Waals surface area contributed by atoms with Crippen molar-refractivity contribution in [2.45, 2.75) is 20.4 Å². The first kappa shape index (κ1) is 14.9. The zero-order chi connectivity index (χ0) is 13.9. The zero-order valence-electron chi connectivity index (χ0n) is 11.4. The normalized spacial score (nSPS) is 11.6. The summed E-state index contributed by atoms with van der Waals surface area (Å²) < 4.78 is 22.4. The lowest BCUT2D eigenvalue weighted by atomic mass is 10.1. The topological polar surface area (TPSA) is 76.3 Å². The average Bonchev–Trinajstić information content (AvgIpc) is 2.24. The standard InChI is InChI=1S/C12H21N3O2S/c1-9-7-12(11(8-13)10(2)14-9)15(3)5-6-18(4,16)17/h7H,5-6,8,13H2,1-4H3. The Morgan fingerprint density at radius 1 is 1.39 bits per heavy atom. The van der Waals surface area contributed by atoms with Crippen LogP contribution in [0.3, 0.4) is 0 Å². The molecule has 0 saturated carbocycles. The van der Waals surface area contributed by atoms with E-state index in [2.05, 4.69) is 4.98 Å². The molecule has 0 aliphatic heterocycles. The van der Waals surface area contributed by atoms with Gasteiger partial charge in [-0.15, -0.1) is 0 Å². The minimum absolute atomic E-state index is 0.133. The number of hydrogen-bond acceptors (Lipinski definition) is 5. The molecule has 0 aliphatic carbocycles. The highest BCUT2D eigenvalue weighted by Gasteiger charge is 2.12. The molecule has 0 bridgehead atoms. The van der Waals surface area contributed by atoms with Crippen molar-refractivity contribution in [3.8, 4) is 0 Å². The Morgan fingerprint density at radius 3 is 2.50 bits per heavy atom. The molecule has 0 fully saturated rings. The van der Waals surface area contributed by atoms with Crippen molar-refractivity contribution in [2.75, 3.05) is 30.5 Å². The van der Waals surface area contributed by atoms with Crippen LogP contribution >= 0.6 is 0 Å². The van der Waals surface area contributed by atoms with Gasteiger partial charge in [-0.25, -0.2) is 8.42 Å². The quantitative estimate of drug-likeness (QED) is 0.850. The lowest BCUT2D eigenvalue weighted by Crippen LogP contribution is -2.26. The van der Waals surface area contributed by atoms with E-state index in [4.69, 9.17) is 5.73 Å². The van der Waals surface area contributed by atoms with E-state index in [0.717, 1.165) is 22.6 Å². The number of pyridine rings is 1. The summed E-state index contributed by atoms with van der Waals surface area (Å²) in [4.78, 5) is 6.29. The molecule has 1 aromatic heterocycles. The Balaban J connectivity index is 3.01. The van der Waals surface area contributed by atoms with Crippen molar-refractivity contribution in [1.29, 1.82) is 0 Å². The molecule has 0 unspecified atom stereocenters. The van der Waals surface area contributed by atoms with E-state index >= 15 is 0 Å². The molecular formula is C12H21N3O2S. The van der Waals surface area contributed by atoms with Crippen LogP contribution in [-0.4, -0.2) is 39.0 Å². The second kappa shape index (κ2) is 5.67. The van der Waals surface area contributed by atoms with Gasteiger partial charge in [-0.05, 0) is 19.9 Å². The molecule has 1 heterocycles. The van der Waals surface area contributed by atoms with Gasteiger partial charge in [0, 0.05) is 49.0 Å². The van der Waals surface area contributed by atoms with Crippen molar-refractivity contribution in [2.24, 2.45) is 5.73 Å². The number of sulfone groups is 1. The number of aromatic nitrogens is 1. The van der Waals surface area contributed by atoms with E-state index in [0.29, 0.717) is 13.1 Å². The number of anilines is 1. The number of nitrogens with zero attached hydrogens (tertiary/aromatic N) is 2. The Kier molecular flexibility index (Phi) is 4.70. The van der Waals surface area contributed by atoms with Crippen LogP contribution in [0.5, 0.6) is 0 Å². The first-order valence-electron chi connectivity index (χ1n) is 5.80. The highest BCUT2D eigenvalue weighted by molar-refractivity contribution is 7.90. The van der Waals surface area contributed by atoms with Gasteiger partial charge in [0.25, 0.3) is 0 Å². The minimum atomic E-state index is -2.96. The van der Waals surface area contributed by atoms with E-state index in [1.54, 1.807) is 0 Å². The molecule has 102 valence electrons. The van der Waals surface area contributed by atoms with Crippen molar-refractivity contribution in [3.63, 3.8) is 0 Å². The van der Waals surface area contributed by atoms with Gasteiger partial charge in [0.15, 0.2) is 0 Å². The van der Waals surface area contributed by atoms with Gasteiger partial charge in [-0.2, -0.15) is 0 Å². The van der Waals surface area contributed by atoms with Gasteiger partial charge in [-0.3, -0.25) is 4.98 Å². The molecule has 0 spiro atoms. The van der Waals surface area contributed by atoms with Crippen LogP contribution in [0.2, 0.25) is 0 Å². The van der Waals surface area contributed by atoms with Crippen molar-refractivity contribution < 1.29 is 8.42 Å². The maximum Gasteiger partial charge on any atom is 0.149 e. The molecule has 6 heteroatoms. The smallest absolute Gasteiger partial charge is 0.149 e. The van der Waals surface area contributed by atoms with Gasteiger partial charge < -0.3 is 10.6 Å². The van der Waals surface area contributed by atoms with Gasteiger partial charge in [-0.1, -0.05) is 0 Å². The fraction of sp³-hybridized carbons (Fsp3) is 0.583. The number of aryl methyl sites for hydroxylation is 2. The lowest BCUT2D eigenvalue weighted by molar-refractivity contribution is 0.601. The van der Waals surface area contributed by atoms with Crippen LogP contribution < -0.4 is 10.6 Å².